The van der Waals surface area contributed by atoms with Crippen molar-refractivity contribution in [1.82, 2.24) is 9.97 Å². The van der Waals surface area contributed by atoms with Gasteiger partial charge in [0.05, 0.1) is 11.9 Å². The molecule has 1 rings (SSSR count). The maximum atomic E-state index is 12.3. The first kappa shape index (κ1) is 12.9. The van der Waals surface area contributed by atoms with Gasteiger partial charge in [-0.3, -0.25) is 4.98 Å². The summed E-state index contributed by atoms with van der Waals surface area (Å²) >= 11 is 0. The van der Waals surface area contributed by atoms with Crippen molar-refractivity contribution < 1.29 is 13.2 Å². The van der Waals surface area contributed by atoms with Crippen molar-refractivity contribution in [3.8, 4) is 0 Å². The van der Waals surface area contributed by atoms with Gasteiger partial charge in [-0.05, 0) is 5.41 Å². The Kier molecular flexibility index (Phi) is 3.26. The molecule has 0 N–H and O–H groups in total. The van der Waals surface area contributed by atoms with Gasteiger partial charge in [-0.1, -0.05) is 27.7 Å². The van der Waals surface area contributed by atoms with Crippen LogP contribution < -0.4 is 0 Å². The van der Waals surface area contributed by atoms with Crippen molar-refractivity contribution in [2.75, 3.05) is 0 Å². The van der Waals surface area contributed by atoms with Crippen LogP contribution in [0.5, 0.6) is 0 Å². The van der Waals surface area contributed by atoms with E-state index >= 15 is 0 Å². The average Bonchev–Trinajstić information content (AvgIpc) is 2.14. The second-order valence-corrected chi connectivity index (χ2v) is 4.91. The van der Waals surface area contributed by atoms with Crippen molar-refractivity contribution in [3.63, 3.8) is 0 Å². The summed E-state index contributed by atoms with van der Waals surface area (Å²) in [6.07, 6.45) is -2.42. The van der Waals surface area contributed by atoms with Gasteiger partial charge in [0, 0.05) is 12.1 Å². The molecule has 0 aromatic carbocycles. The summed E-state index contributed by atoms with van der Waals surface area (Å²) in [5, 5.41) is 0. The Balaban J connectivity index is 2.96. The van der Waals surface area contributed by atoms with Crippen LogP contribution in [0.3, 0.4) is 0 Å². The third-order valence-electron chi connectivity index (χ3n) is 2.70. The molecule has 0 fully saturated rings. The van der Waals surface area contributed by atoms with Gasteiger partial charge in [-0.2, -0.15) is 13.2 Å². The lowest BCUT2D eigenvalue weighted by molar-refractivity contribution is -0.141. The molecule has 0 radical (unpaired) electrons. The molecular weight excluding hydrogens is 217 g/mol. The molecule has 1 atom stereocenters. The fourth-order valence-corrected chi connectivity index (χ4v) is 1.15. The van der Waals surface area contributed by atoms with Crippen LogP contribution in [-0.4, -0.2) is 9.97 Å². The number of aromatic nitrogens is 2. The van der Waals surface area contributed by atoms with Crippen molar-refractivity contribution in [2.24, 2.45) is 5.41 Å². The van der Waals surface area contributed by atoms with Crippen molar-refractivity contribution in [1.29, 1.82) is 0 Å². The Bertz CT molecular complexity index is 349. The summed E-state index contributed by atoms with van der Waals surface area (Å²) in [4.78, 5) is 7.23. The first-order valence-corrected chi connectivity index (χ1v) is 5.01. The topological polar surface area (TPSA) is 25.8 Å². The highest BCUT2D eigenvalue weighted by atomic mass is 19.4. The zero-order chi connectivity index (χ0) is 12.6. The molecule has 0 saturated heterocycles. The summed E-state index contributed by atoms with van der Waals surface area (Å²) < 4.78 is 36.8. The van der Waals surface area contributed by atoms with E-state index < -0.39 is 11.9 Å². The predicted octanol–water partition coefficient (Wildman–Crippen LogP) is 3.65. The highest BCUT2D eigenvalue weighted by Gasteiger charge is 2.33. The molecular formula is C11H15F3N2. The number of hydrogen-bond donors (Lipinski definition) is 0. The van der Waals surface area contributed by atoms with Crippen LogP contribution in [0.25, 0.3) is 0 Å². The molecule has 1 aromatic rings. The van der Waals surface area contributed by atoms with E-state index in [0.717, 1.165) is 6.20 Å². The van der Waals surface area contributed by atoms with Crippen LogP contribution in [0.2, 0.25) is 0 Å². The lowest BCUT2D eigenvalue weighted by atomic mass is 9.80. The maximum absolute atomic E-state index is 12.3. The van der Waals surface area contributed by atoms with Gasteiger partial charge in [-0.25, -0.2) is 4.98 Å². The van der Waals surface area contributed by atoms with Crippen molar-refractivity contribution >= 4 is 0 Å². The second-order valence-electron chi connectivity index (χ2n) is 4.91. The van der Waals surface area contributed by atoms with E-state index in [1.54, 1.807) is 0 Å². The Hall–Kier alpha value is -1.13. The third kappa shape index (κ3) is 2.93. The minimum Gasteiger partial charge on any atom is -0.257 e. The smallest absolute Gasteiger partial charge is 0.257 e. The minimum absolute atomic E-state index is 0.0472. The number of hydrogen-bond acceptors (Lipinski definition) is 2. The molecule has 0 amide bonds. The molecule has 0 aliphatic rings. The number of rotatable bonds is 1. The lowest BCUT2D eigenvalue weighted by Gasteiger charge is -2.26. The van der Waals surface area contributed by atoms with E-state index in [4.69, 9.17) is 0 Å². The summed E-state index contributed by atoms with van der Waals surface area (Å²) in [5.41, 5.74) is -0.410. The van der Waals surface area contributed by atoms with E-state index in [1.165, 1.54) is 6.20 Å². The molecule has 2 nitrogen and oxygen atoms in total. The van der Waals surface area contributed by atoms with Gasteiger partial charge in [0.1, 0.15) is 0 Å². The zero-order valence-corrected chi connectivity index (χ0v) is 9.76. The first-order valence-electron chi connectivity index (χ1n) is 5.01. The Labute approximate surface area is 92.9 Å². The summed E-state index contributed by atoms with van der Waals surface area (Å²) in [7, 11) is 0. The van der Waals surface area contributed by atoms with Gasteiger partial charge < -0.3 is 0 Å². The van der Waals surface area contributed by atoms with Crippen molar-refractivity contribution in [3.05, 3.63) is 23.8 Å². The molecule has 5 heteroatoms. The van der Waals surface area contributed by atoms with Gasteiger partial charge in [0.25, 0.3) is 0 Å². The molecule has 0 saturated carbocycles. The fourth-order valence-electron chi connectivity index (χ4n) is 1.15. The number of alkyl halides is 3. The average molecular weight is 232 g/mol. The molecule has 90 valence electrons. The molecule has 1 unspecified atom stereocenters. The van der Waals surface area contributed by atoms with E-state index in [1.807, 2.05) is 27.7 Å². The second kappa shape index (κ2) is 4.03. The van der Waals surface area contributed by atoms with Gasteiger partial charge in [-0.15, -0.1) is 0 Å². The van der Waals surface area contributed by atoms with Crippen LogP contribution >= 0.6 is 0 Å². The molecule has 1 heterocycles. The lowest BCUT2D eigenvalue weighted by Crippen LogP contribution is -2.18. The number of nitrogens with zero attached hydrogens (tertiary/aromatic N) is 2. The summed E-state index contributed by atoms with van der Waals surface area (Å²) in [6, 6.07) is 0. The Morgan fingerprint density at radius 3 is 1.94 bits per heavy atom. The van der Waals surface area contributed by atoms with Crippen LogP contribution in [0.1, 0.15) is 45.0 Å². The number of halogens is 3. The highest BCUT2D eigenvalue weighted by molar-refractivity contribution is 5.10. The molecule has 0 aliphatic heterocycles. The molecule has 1 aromatic heterocycles. The molecule has 0 bridgehead atoms. The third-order valence-corrected chi connectivity index (χ3v) is 2.70. The maximum Gasteiger partial charge on any atom is 0.434 e. The van der Waals surface area contributed by atoms with Crippen LogP contribution in [-0.2, 0) is 6.18 Å². The zero-order valence-electron chi connectivity index (χ0n) is 9.76. The summed E-state index contributed by atoms with van der Waals surface area (Å²) in [5.74, 6) is 0.0577. The first-order chi connectivity index (χ1) is 7.12. The van der Waals surface area contributed by atoms with E-state index in [2.05, 4.69) is 9.97 Å². The van der Waals surface area contributed by atoms with Crippen molar-refractivity contribution in [2.45, 2.75) is 39.8 Å². The van der Waals surface area contributed by atoms with E-state index in [-0.39, 0.29) is 11.3 Å². The minimum atomic E-state index is -4.42. The van der Waals surface area contributed by atoms with Gasteiger partial charge in [0.2, 0.25) is 0 Å². The van der Waals surface area contributed by atoms with Gasteiger partial charge >= 0.3 is 6.18 Å². The van der Waals surface area contributed by atoms with Crippen LogP contribution in [0, 0.1) is 5.41 Å². The highest BCUT2D eigenvalue weighted by Crippen LogP contribution is 2.34. The molecule has 16 heavy (non-hydrogen) atoms. The van der Waals surface area contributed by atoms with E-state index in [9.17, 15) is 13.2 Å². The molecule has 0 aliphatic carbocycles. The van der Waals surface area contributed by atoms with E-state index in [0.29, 0.717) is 5.69 Å². The quantitative estimate of drug-likeness (QED) is 0.738. The largest absolute Gasteiger partial charge is 0.434 e. The predicted molar refractivity (Wildman–Crippen MR) is 54.9 cm³/mol. The SMILES string of the molecule is CC(c1cnc(C(F)(F)F)cn1)C(C)(C)C. The Morgan fingerprint density at radius 1 is 1.06 bits per heavy atom. The fraction of sp³-hybridized carbons (Fsp3) is 0.636. The molecule has 0 spiro atoms. The normalized spacial score (nSPS) is 14.9. The van der Waals surface area contributed by atoms with Crippen LogP contribution in [0.15, 0.2) is 12.4 Å². The van der Waals surface area contributed by atoms with Gasteiger partial charge in [0.15, 0.2) is 5.69 Å². The monoisotopic (exact) mass is 232 g/mol. The summed E-state index contributed by atoms with van der Waals surface area (Å²) in [6.45, 7) is 7.96. The standard InChI is InChI=1S/C11H15F3N2/c1-7(10(2,3)4)8-5-16-9(6-15-8)11(12,13)14/h5-7H,1-4H3. The Morgan fingerprint density at radius 2 is 1.62 bits per heavy atom. The van der Waals surface area contributed by atoms with Crippen LogP contribution in [0.4, 0.5) is 13.2 Å².